The Morgan fingerprint density at radius 2 is 0.565 bits per heavy atom. The van der Waals surface area contributed by atoms with Crippen molar-refractivity contribution >= 4 is 35.3 Å². The van der Waals surface area contributed by atoms with Gasteiger partial charge in [-0.15, -0.1) is 0 Å². The fraction of sp³-hybridized carbons (Fsp3) is 0.455. The molecule has 2 heteroatoms. The van der Waals surface area contributed by atoms with Gasteiger partial charge in [0, 0.05) is 0 Å². The Balaban J connectivity index is 1.31. The van der Waals surface area contributed by atoms with Crippen LogP contribution in [-0.4, -0.2) is 13.4 Å². The summed E-state index contributed by atoms with van der Waals surface area (Å²) in [5.41, 5.74) is 18.4. The molecule has 0 spiro atoms. The lowest BCUT2D eigenvalue weighted by Gasteiger charge is -2.22. The molecule has 4 aromatic rings. The number of unbranched alkanes of at least 4 members (excludes halogenated alkanes) is 1. The standard InChI is InChI=1S/C44H56B2/c1-41(2,3)29-15-19-33-34-20-16-30(42(4,5)6)26-38(34)45(37(33)25-29)23-13-14-24-46-39-27-31(43(7,8)9)17-21-35(39)36-22-18-32(28-40(36)46)44(10,11)12/h15-22,25-28H,13-14,23-24H2,1-12H3. The zero-order valence-corrected chi connectivity index (χ0v) is 30.9. The van der Waals surface area contributed by atoms with Crippen LogP contribution in [0.3, 0.4) is 0 Å². The highest BCUT2D eigenvalue weighted by Crippen LogP contribution is 2.34. The lowest BCUT2D eigenvalue weighted by atomic mass is 9.38. The van der Waals surface area contributed by atoms with Gasteiger partial charge < -0.3 is 0 Å². The Morgan fingerprint density at radius 1 is 0.348 bits per heavy atom. The molecule has 0 saturated carbocycles. The van der Waals surface area contributed by atoms with Crippen LogP contribution in [0.2, 0.25) is 12.6 Å². The summed E-state index contributed by atoms with van der Waals surface area (Å²) in [6, 6.07) is 29.3. The predicted molar refractivity (Wildman–Crippen MR) is 207 cm³/mol. The summed E-state index contributed by atoms with van der Waals surface area (Å²) in [7, 11) is 0. The lowest BCUT2D eigenvalue weighted by molar-refractivity contribution is 0.590. The summed E-state index contributed by atoms with van der Waals surface area (Å²) in [6.07, 6.45) is 4.89. The second kappa shape index (κ2) is 11.3. The number of rotatable bonds is 5. The maximum Gasteiger partial charge on any atom is 0.210 e. The Bertz CT molecular complexity index is 1520. The molecule has 0 radical (unpaired) electrons. The third-order valence-electron chi connectivity index (χ3n) is 11.0. The summed E-state index contributed by atoms with van der Waals surface area (Å²) in [5.74, 6) is 0. The van der Waals surface area contributed by atoms with Crippen LogP contribution in [-0.2, 0) is 21.7 Å². The summed E-state index contributed by atoms with van der Waals surface area (Å²) < 4.78 is 0. The Hall–Kier alpha value is -2.99. The van der Waals surface area contributed by atoms with Gasteiger partial charge in [-0.2, -0.15) is 0 Å². The van der Waals surface area contributed by atoms with Crippen molar-refractivity contribution in [3.8, 4) is 22.3 Å². The number of benzene rings is 4. The zero-order valence-electron chi connectivity index (χ0n) is 30.9. The molecule has 46 heavy (non-hydrogen) atoms. The minimum Gasteiger partial charge on any atom is -0.0662 e. The van der Waals surface area contributed by atoms with E-state index in [4.69, 9.17) is 0 Å². The average Bonchev–Trinajstić information content (AvgIpc) is 3.44. The van der Waals surface area contributed by atoms with E-state index in [1.807, 2.05) is 0 Å². The highest BCUT2D eigenvalue weighted by Gasteiger charge is 2.36. The van der Waals surface area contributed by atoms with Gasteiger partial charge in [-0.25, -0.2) is 0 Å². The number of hydrogen-bond donors (Lipinski definition) is 0. The third kappa shape index (κ3) is 6.07. The van der Waals surface area contributed by atoms with Gasteiger partial charge in [-0.05, 0) is 66.2 Å². The average molecular weight is 607 g/mol. The van der Waals surface area contributed by atoms with E-state index in [0.29, 0.717) is 13.4 Å². The molecule has 0 nitrogen and oxygen atoms in total. The lowest BCUT2D eigenvalue weighted by Crippen LogP contribution is -2.40. The number of hydrogen-bond acceptors (Lipinski definition) is 0. The Labute approximate surface area is 282 Å². The van der Waals surface area contributed by atoms with Gasteiger partial charge in [-0.3, -0.25) is 0 Å². The maximum absolute atomic E-state index is 2.54. The first-order valence-corrected chi connectivity index (χ1v) is 17.9. The number of fused-ring (bicyclic) bond motifs is 6. The fourth-order valence-electron chi connectivity index (χ4n) is 7.91. The SMILES string of the molecule is CC(C)(C)c1ccc2c(c1)B(CCCCB1c3cc(C(C)(C)C)ccc3-c3ccc(C(C)(C)C)cc31)c1cc(C(C)(C)C)ccc1-2. The molecule has 238 valence electrons. The fourth-order valence-corrected chi connectivity index (χ4v) is 7.91. The normalized spacial score (nSPS) is 14.3. The third-order valence-corrected chi connectivity index (χ3v) is 11.0. The molecule has 0 amide bonds. The highest BCUT2D eigenvalue weighted by atomic mass is 14.3. The van der Waals surface area contributed by atoms with E-state index in [0.717, 1.165) is 0 Å². The molecule has 0 bridgehead atoms. The highest BCUT2D eigenvalue weighted by molar-refractivity contribution is 6.90. The van der Waals surface area contributed by atoms with Gasteiger partial charge in [0.05, 0.1) is 0 Å². The van der Waals surface area contributed by atoms with Crippen LogP contribution < -0.4 is 21.9 Å². The molecular formula is C44H56B2. The summed E-state index contributed by atoms with van der Waals surface area (Å²) in [4.78, 5) is 0. The zero-order chi connectivity index (χ0) is 33.4. The van der Waals surface area contributed by atoms with Gasteiger partial charge in [0.1, 0.15) is 0 Å². The smallest absolute Gasteiger partial charge is 0.0662 e. The molecule has 4 aromatic carbocycles. The molecule has 0 atom stereocenters. The van der Waals surface area contributed by atoms with E-state index < -0.39 is 0 Å². The van der Waals surface area contributed by atoms with Crippen LogP contribution in [0.5, 0.6) is 0 Å². The Kier molecular flexibility index (Phi) is 8.10. The van der Waals surface area contributed by atoms with Gasteiger partial charge in [0.25, 0.3) is 0 Å². The van der Waals surface area contributed by atoms with E-state index in [1.54, 1.807) is 21.9 Å². The quantitative estimate of drug-likeness (QED) is 0.157. The topological polar surface area (TPSA) is 0 Å². The monoisotopic (exact) mass is 606 g/mol. The minimum absolute atomic E-state index is 0.145. The molecular weight excluding hydrogens is 550 g/mol. The molecule has 6 rings (SSSR count). The van der Waals surface area contributed by atoms with Crippen molar-refractivity contribution in [1.29, 1.82) is 0 Å². The van der Waals surface area contributed by atoms with E-state index in [-0.39, 0.29) is 21.7 Å². The molecule has 2 aliphatic rings. The molecule has 0 aromatic heterocycles. The van der Waals surface area contributed by atoms with Crippen LogP contribution in [0.4, 0.5) is 0 Å². The van der Waals surface area contributed by atoms with E-state index >= 15 is 0 Å². The molecule has 2 heterocycles. The van der Waals surface area contributed by atoms with Crippen LogP contribution in [0, 0.1) is 0 Å². The Morgan fingerprint density at radius 3 is 0.761 bits per heavy atom. The van der Waals surface area contributed by atoms with E-state index in [1.165, 1.54) is 70.0 Å². The van der Waals surface area contributed by atoms with Gasteiger partial charge in [-0.1, -0.05) is 203 Å². The van der Waals surface area contributed by atoms with E-state index in [2.05, 4.69) is 156 Å². The van der Waals surface area contributed by atoms with Crippen molar-refractivity contribution < 1.29 is 0 Å². The summed E-state index contributed by atoms with van der Waals surface area (Å²) in [6.45, 7) is 29.1. The molecule has 0 saturated heterocycles. The van der Waals surface area contributed by atoms with E-state index in [9.17, 15) is 0 Å². The van der Waals surface area contributed by atoms with Crippen LogP contribution in [0.1, 0.15) is 118 Å². The first-order chi connectivity index (χ1) is 21.3. The van der Waals surface area contributed by atoms with Crippen molar-refractivity contribution in [2.24, 2.45) is 0 Å². The second-order valence-corrected chi connectivity index (χ2v) is 18.6. The van der Waals surface area contributed by atoms with Crippen molar-refractivity contribution in [3.63, 3.8) is 0 Å². The molecule has 0 unspecified atom stereocenters. The molecule has 0 N–H and O–H groups in total. The van der Waals surface area contributed by atoms with Crippen molar-refractivity contribution in [2.75, 3.05) is 0 Å². The minimum atomic E-state index is 0.145. The summed E-state index contributed by atoms with van der Waals surface area (Å²) >= 11 is 0. The molecule has 2 aliphatic heterocycles. The van der Waals surface area contributed by atoms with Crippen molar-refractivity contribution in [1.82, 2.24) is 0 Å². The van der Waals surface area contributed by atoms with Crippen molar-refractivity contribution in [3.05, 3.63) is 95.1 Å². The van der Waals surface area contributed by atoms with Gasteiger partial charge >= 0.3 is 0 Å². The van der Waals surface area contributed by atoms with Crippen LogP contribution in [0.15, 0.2) is 72.8 Å². The maximum atomic E-state index is 2.54. The van der Waals surface area contributed by atoms with Crippen molar-refractivity contribution in [2.45, 2.75) is 130 Å². The predicted octanol–water partition coefficient (Wildman–Crippen LogP) is 9.54. The van der Waals surface area contributed by atoms with Crippen LogP contribution in [0.25, 0.3) is 22.3 Å². The van der Waals surface area contributed by atoms with Gasteiger partial charge in [0.2, 0.25) is 13.4 Å². The van der Waals surface area contributed by atoms with Gasteiger partial charge in [0.15, 0.2) is 0 Å². The first-order valence-electron chi connectivity index (χ1n) is 17.9. The first kappa shape index (κ1) is 32.9. The second-order valence-electron chi connectivity index (χ2n) is 18.6. The van der Waals surface area contributed by atoms with Crippen LogP contribution >= 0.6 is 0 Å². The molecule has 0 aliphatic carbocycles. The largest absolute Gasteiger partial charge is 0.210 e. The molecule has 0 fully saturated rings. The summed E-state index contributed by atoms with van der Waals surface area (Å²) in [5, 5.41) is 0.